The van der Waals surface area contributed by atoms with E-state index in [1.807, 2.05) is 0 Å². The van der Waals surface area contributed by atoms with E-state index in [9.17, 15) is 0 Å². The van der Waals surface area contributed by atoms with Crippen molar-refractivity contribution in [2.75, 3.05) is 11.8 Å². The maximum atomic E-state index is 15.1. The van der Waals surface area contributed by atoms with Gasteiger partial charge >= 0.3 is 0 Å². The normalized spacial score (nSPS) is 19.8. The van der Waals surface area contributed by atoms with Gasteiger partial charge in [-0.2, -0.15) is 0 Å². The Morgan fingerprint density at radius 3 is 1.13 bits per heavy atom. The third kappa shape index (κ3) is 8.41. The van der Waals surface area contributed by atoms with Crippen molar-refractivity contribution in [3.63, 3.8) is 0 Å². The lowest BCUT2D eigenvalue weighted by Crippen LogP contribution is -2.28. The fraction of sp³-hybridized carbons (Fsp3) is 0.481. The van der Waals surface area contributed by atoms with Gasteiger partial charge < -0.3 is 21.7 Å². The zero-order chi connectivity index (χ0) is 51.0. The third-order valence-corrected chi connectivity index (χ3v) is 61.9. The average molecular weight is 1140 g/mol. The molecule has 370 valence electrons. The number of fused-ring (bicyclic) bond motifs is 4. The summed E-state index contributed by atoms with van der Waals surface area (Å²) < 4.78 is 15.1. The number of alkyl halides is 2. The molecular weight excluding hydrogens is 1070 g/mol. The van der Waals surface area contributed by atoms with Crippen LogP contribution in [0.3, 0.4) is 0 Å². The summed E-state index contributed by atoms with van der Waals surface area (Å²) in [4.78, 5) is 15.1. The Hall–Kier alpha value is 0.290. The fourth-order valence-electron chi connectivity index (χ4n) is 12.5. The van der Waals surface area contributed by atoms with Gasteiger partial charge in [0.1, 0.15) is 16.6 Å². The quantitative estimate of drug-likeness (QED) is 0.0557. The lowest BCUT2D eigenvalue weighted by Gasteiger charge is -2.43. The summed E-state index contributed by atoms with van der Waals surface area (Å²) >= 11 is 35.8. The van der Waals surface area contributed by atoms with E-state index in [0.717, 1.165) is 32.2 Å². The second kappa shape index (κ2) is 21.1. The molecule has 2 unspecified atom stereocenters. The molecule has 2 heterocycles. The molecule has 0 radical (unpaired) electrons. The maximum absolute atomic E-state index is 15.1. The second-order valence-corrected chi connectivity index (χ2v) is 56.4. The van der Waals surface area contributed by atoms with Gasteiger partial charge in [-0.05, 0) is 147 Å². The molecule has 2 aliphatic heterocycles. The number of hydrogen-bond acceptors (Lipinski definition) is 6. The monoisotopic (exact) mass is 1140 g/mol. The predicted molar refractivity (Wildman–Crippen MR) is 335 cm³/mol. The van der Waals surface area contributed by atoms with Crippen molar-refractivity contribution in [1.82, 2.24) is 0 Å². The van der Waals surface area contributed by atoms with E-state index >= 15 is 9.46 Å². The molecule has 0 N–H and O–H groups in total. The van der Waals surface area contributed by atoms with Gasteiger partial charge in [-0.15, -0.1) is 23.2 Å². The van der Waals surface area contributed by atoms with Crippen molar-refractivity contribution in [1.29, 1.82) is 0 Å². The zero-order valence-electron chi connectivity index (χ0n) is 43.0. The number of rotatable bonds is 11. The summed E-state index contributed by atoms with van der Waals surface area (Å²) in [5.74, 6) is -1.98. The summed E-state index contributed by atoms with van der Waals surface area (Å²) in [6.07, 6.45) is 0. The van der Waals surface area contributed by atoms with Crippen LogP contribution in [0.15, 0.2) is 84.9 Å². The standard InChI is InChI=1S/2C26H35OP3S2.C2H4Cl2/c2*1-16(2)28(17(3)4)22-13-9-11-20-15-21-12-10-14-23(29(31,18(5)6)19(7)8)25(21)26(24(20)22)30(28,27)32;3-1-2-4/h2*9-19H,1-8H3;1-2H2. The van der Waals surface area contributed by atoms with E-state index in [2.05, 4.69) is 196 Å². The van der Waals surface area contributed by atoms with Crippen LogP contribution < -0.4 is 36.7 Å². The molecule has 0 saturated carbocycles. The van der Waals surface area contributed by atoms with Crippen molar-refractivity contribution < 1.29 is 9.46 Å². The maximum Gasteiger partial charge on any atom is 0.127 e. The van der Waals surface area contributed by atoms with Crippen LogP contribution in [-0.4, -0.2) is 57.0 Å². The van der Waals surface area contributed by atoms with E-state index in [1.165, 1.54) is 42.8 Å². The van der Waals surface area contributed by atoms with Crippen LogP contribution in [0.25, 0.3) is 43.1 Å². The average Bonchev–Trinajstić information content (AvgIpc) is 3.62. The molecule has 2 aliphatic rings. The van der Waals surface area contributed by atoms with Gasteiger partial charge in [0.15, 0.2) is 0 Å². The SMILES string of the molecule is CC(C)P(=S)(c1cccc2cc3cccc4c3c(c12)P(=O)([S-])[P+]4(C(C)C)C(C)C)C(C)C.CC(C)P(=S)(c1cccc2cc3cccc4c3c(c12)P([O-])(=S)[P+]4(C(C)C)C(C)C)C(C)C.ClCCCl. The van der Waals surface area contributed by atoms with Crippen molar-refractivity contribution in [2.24, 2.45) is 0 Å². The van der Waals surface area contributed by atoms with Crippen LogP contribution in [0.4, 0.5) is 0 Å². The molecule has 68 heavy (non-hydrogen) atoms. The summed E-state index contributed by atoms with van der Waals surface area (Å²) in [5, 5.41) is 16.4. The minimum atomic E-state index is -3.09. The molecule has 0 saturated heterocycles. The highest BCUT2D eigenvalue weighted by molar-refractivity contribution is 8.75. The Kier molecular flexibility index (Phi) is 17.9. The first-order valence-corrected chi connectivity index (χ1v) is 42.0. The van der Waals surface area contributed by atoms with Gasteiger partial charge in [0.25, 0.3) is 0 Å². The van der Waals surface area contributed by atoms with E-state index in [4.69, 9.17) is 70.9 Å². The number of hydrogen-bond donors (Lipinski definition) is 0. The lowest BCUT2D eigenvalue weighted by atomic mass is 10.0. The molecule has 8 rings (SSSR count). The minimum Gasteiger partial charge on any atom is -0.787 e. The van der Waals surface area contributed by atoms with E-state index in [-0.39, 0.29) is 22.6 Å². The van der Waals surface area contributed by atoms with Crippen LogP contribution >= 0.6 is 61.2 Å². The fourth-order valence-corrected chi connectivity index (χ4v) is 55.1. The summed E-state index contributed by atoms with van der Waals surface area (Å²) in [7, 11) is 0. The van der Waals surface area contributed by atoms with Crippen molar-refractivity contribution in [3.8, 4) is 0 Å². The van der Waals surface area contributed by atoms with E-state index < -0.39 is 38.0 Å². The second-order valence-electron chi connectivity index (χ2n) is 21.0. The summed E-state index contributed by atoms with van der Waals surface area (Å²) in [5.41, 5.74) is 2.63. The molecule has 0 bridgehead atoms. The van der Waals surface area contributed by atoms with Crippen LogP contribution in [0.1, 0.15) is 111 Å². The highest BCUT2D eigenvalue weighted by Gasteiger charge is 2.62. The smallest absolute Gasteiger partial charge is 0.127 e. The van der Waals surface area contributed by atoms with Crippen LogP contribution in [0.5, 0.6) is 0 Å². The van der Waals surface area contributed by atoms with Gasteiger partial charge in [-0.3, -0.25) is 0 Å². The van der Waals surface area contributed by atoms with Gasteiger partial charge in [0.2, 0.25) is 0 Å². The first kappa shape index (κ1) is 57.6. The van der Waals surface area contributed by atoms with Gasteiger partial charge in [-0.1, -0.05) is 151 Å². The summed E-state index contributed by atoms with van der Waals surface area (Å²) in [6, 6.07) is 23.8. The molecule has 2 nitrogen and oxygen atoms in total. The molecular formula is C54H74Cl2O2P6S4. The Morgan fingerprint density at radius 1 is 0.515 bits per heavy atom. The van der Waals surface area contributed by atoms with E-state index in [1.54, 1.807) is 0 Å². The highest BCUT2D eigenvalue weighted by Crippen LogP contribution is 2.94. The first-order valence-electron chi connectivity index (χ1n) is 24.3. The lowest BCUT2D eigenvalue weighted by molar-refractivity contribution is -0.152. The molecule has 14 heteroatoms. The van der Waals surface area contributed by atoms with E-state index in [0.29, 0.717) is 34.4 Å². The number of halogens is 2. The Labute approximate surface area is 442 Å². The highest BCUT2D eigenvalue weighted by atomic mass is 35.5. The molecule has 0 fully saturated rings. The number of benzene rings is 6. The molecule has 0 aromatic heterocycles. The Morgan fingerprint density at radius 2 is 0.809 bits per heavy atom. The molecule has 6 aromatic carbocycles. The molecule has 0 aliphatic carbocycles. The van der Waals surface area contributed by atoms with Gasteiger partial charge in [-0.25, -0.2) is 0 Å². The first-order chi connectivity index (χ1) is 31.6. The Balaban J connectivity index is 0.000000208. The van der Waals surface area contributed by atoms with Gasteiger partial charge in [0.05, 0.1) is 36.5 Å². The van der Waals surface area contributed by atoms with Crippen molar-refractivity contribution in [3.05, 3.63) is 84.9 Å². The van der Waals surface area contributed by atoms with Crippen molar-refractivity contribution in [2.45, 2.75) is 156 Å². The van der Waals surface area contributed by atoms with Crippen LogP contribution in [-0.2, 0) is 52.2 Å². The largest absolute Gasteiger partial charge is 0.787 e. The van der Waals surface area contributed by atoms with Crippen LogP contribution in [0, 0.1) is 0 Å². The molecule has 6 aromatic rings. The third-order valence-electron chi connectivity index (χ3n) is 15.1. The Bertz CT molecular complexity index is 2860. The molecule has 0 spiro atoms. The minimum absolute atomic E-state index is 0.282. The predicted octanol–water partition coefficient (Wildman–Crippen LogP) is 15.9. The van der Waals surface area contributed by atoms with Crippen molar-refractivity contribution >= 4 is 184 Å². The van der Waals surface area contributed by atoms with Crippen LogP contribution in [0.2, 0.25) is 0 Å². The zero-order valence-corrected chi connectivity index (χ0v) is 53.1. The summed E-state index contributed by atoms with van der Waals surface area (Å²) in [6.45, 7) is 31.8. The topological polar surface area (TPSA) is 40.1 Å². The van der Waals surface area contributed by atoms with Gasteiger partial charge in [0, 0.05) is 49.9 Å². The molecule has 0 amide bonds. The molecule has 2 atom stereocenters.